The van der Waals surface area contributed by atoms with Crippen LogP contribution in [0.2, 0.25) is 0 Å². The van der Waals surface area contributed by atoms with E-state index in [1.165, 1.54) is 39.6 Å². The first-order chi connectivity index (χ1) is 32.1. The van der Waals surface area contributed by atoms with Crippen LogP contribution in [0.3, 0.4) is 0 Å². The van der Waals surface area contributed by atoms with Crippen LogP contribution in [-0.4, -0.2) is 96.3 Å². The lowest BCUT2D eigenvalue weighted by Gasteiger charge is -2.18. The van der Waals surface area contributed by atoms with Crippen molar-refractivity contribution in [2.75, 3.05) is 54.4 Å². The average Bonchev–Trinajstić information content (AvgIpc) is 3.34. The smallest absolute Gasteiger partial charge is 0.330 e. The standard InChI is InChI=1S/C51H62O15/c1-58-46(52)31-22-39-16-25-42(26-17-39)61-34-10-4-7-13-49(55)64-37-45(66-51(57)15-9-6-12-36-63-44-29-20-41(21-30-44)24-33-48(54)60-3)38-65-50(56)14-8-5-11-35-62-43-27-18-40(19-28-43)23-32-47(53)59-2/h16-33,45H,4-15,34-38H2,1-3H3/b31-22+,32-23+,33-24+. The Bertz CT molecular complexity index is 1900. The summed E-state index contributed by atoms with van der Waals surface area (Å²) >= 11 is 0. The van der Waals surface area contributed by atoms with Gasteiger partial charge >= 0.3 is 35.8 Å². The van der Waals surface area contributed by atoms with Crippen molar-refractivity contribution in [3.63, 3.8) is 0 Å². The summed E-state index contributed by atoms with van der Waals surface area (Å²) in [5.74, 6) is -0.675. The third kappa shape index (κ3) is 24.8. The second kappa shape index (κ2) is 32.7. The minimum Gasteiger partial charge on any atom is -0.494 e. The average molecular weight is 915 g/mol. The van der Waals surface area contributed by atoms with E-state index in [1.807, 2.05) is 36.4 Å². The molecule has 0 aliphatic heterocycles. The molecule has 0 amide bonds. The van der Waals surface area contributed by atoms with Crippen molar-refractivity contribution < 1.29 is 71.4 Å². The Hall–Kier alpha value is -6.90. The molecule has 3 aromatic carbocycles. The van der Waals surface area contributed by atoms with Crippen LogP contribution in [0.15, 0.2) is 91.0 Å². The molecule has 356 valence electrons. The van der Waals surface area contributed by atoms with Crippen molar-refractivity contribution in [3.8, 4) is 17.2 Å². The van der Waals surface area contributed by atoms with Crippen molar-refractivity contribution in [1.29, 1.82) is 0 Å². The number of hydrogen-bond donors (Lipinski definition) is 0. The second-order valence-corrected chi connectivity index (χ2v) is 14.7. The Labute approximate surface area is 387 Å². The molecule has 3 rings (SSSR count). The fraction of sp³-hybridized carbons (Fsp3) is 0.412. The molecule has 3 aromatic rings. The molecule has 0 atom stereocenters. The molecule has 0 saturated carbocycles. The number of ether oxygens (including phenoxy) is 9. The van der Waals surface area contributed by atoms with Crippen LogP contribution in [0.4, 0.5) is 0 Å². The fourth-order valence-corrected chi connectivity index (χ4v) is 5.81. The van der Waals surface area contributed by atoms with Gasteiger partial charge in [0.2, 0.25) is 0 Å². The number of hydrogen-bond acceptors (Lipinski definition) is 15. The zero-order valence-corrected chi connectivity index (χ0v) is 38.1. The third-order valence-corrected chi connectivity index (χ3v) is 9.52. The first-order valence-electron chi connectivity index (χ1n) is 22.0. The highest BCUT2D eigenvalue weighted by atomic mass is 16.6. The maximum Gasteiger partial charge on any atom is 0.330 e. The largest absolute Gasteiger partial charge is 0.494 e. The van der Waals surface area contributed by atoms with Gasteiger partial charge in [-0.2, -0.15) is 0 Å². The summed E-state index contributed by atoms with van der Waals surface area (Å²) in [5.41, 5.74) is 2.48. The zero-order chi connectivity index (χ0) is 47.6. The Morgan fingerprint density at radius 1 is 0.409 bits per heavy atom. The van der Waals surface area contributed by atoms with Crippen LogP contribution in [0, 0.1) is 0 Å². The normalized spacial score (nSPS) is 11.1. The van der Waals surface area contributed by atoms with Crippen LogP contribution in [0.25, 0.3) is 18.2 Å². The lowest BCUT2D eigenvalue weighted by Crippen LogP contribution is -2.30. The highest BCUT2D eigenvalue weighted by Gasteiger charge is 2.19. The number of benzene rings is 3. The first-order valence-corrected chi connectivity index (χ1v) is 22.0. The summed E-state index contributed by atoms with van der Waals surface area (Å²) in [7, 11) is 3.95. The van der Waals surface area contributed by atoms with E-state index in [-0.39, 0.29) is 32.5 Å². The van der Waals surface area contributed by atoms with E-state index in [0.29, 0.717) is 82.0 Å². The Morgan fingerprint density at radius 3 is 1.02 bits per heavy atom. The molecule has 0 fully saturated rings. The fourth-order valence-electron chi connectivity index (χ4n) is 5.81. The Kier molecular flexibility index (Phi) is 26.5. The molecule has 0 radical (unpaired) electrons. The lowest BCUT2D eigenvalue weighted by molar-refractivity contribution is -0.167. The predicted molar refractivity (Wildman–Crippen MR) is 246 cm³/mol. The summed E-state index contributed by atoms with van der Waals surface area (Å²) < 4.78 is 47.6. The van der Waals surface area contributed by atoms with E-state index in [0.717, 1.165) is 29.5 Å². The molecule has 0 aliphatic rings. The SMILES string of the molecule is COC(=O)/C=C/c1ccc(OCCCCCC(=O)OCC(COC(=O)CCCCCOc2ccc(/C=C/C(=O)OC)cc2)OC(=O)CCCCCOc2ccc(/C=C/C(=O)OC)cc2)cc1. The van der Waals surface area contributed by atoms with E-state index in [2.05, 4.69) is 14.2 Å². The molecule has 15 nitrogen and oxygen atoms in total. The highest BCUT2D eigenvalue weighted by molar-refractivity contribution is 5.88. The highest BCUT2D eigenvalue weighted by Crippen LogP contribution is 2.17. The van der Waals surface area contributed by atoms with Gasteiger partial charge < -0.3 is 42.6 Å². The molecule has 15 heteroatoms. The van der Waals surface area contributed by atoms with E-state index < -0.39 is 41.9 Å². The van der Waals surface area contributed by atoms with Crippen LogP contribution in [0.5, 0.6) is 17.2 Å². The summed E-state index contributed by atoms with van der Waals surface area (Å²) in [6.45, 7) is 0.850. The van der Waals surface area contributed by atoms with Gasteiger partial charge in [0.1, 0.15) is 30.5 Å². The molecule has 0 unspecified atom stereocenters. The second-order valence-electron chi connectivity index (χ2n) is 14.7. The van der Waals surface area contributed by atoms with Gasteiger partial charge in [0.25, 0.3) is 0 Å². The summed E-state index contributed by atoms with van der Waals surface area (Å²) in [6, 6.07) is 21.8. The van der Waals surface area contributed by atoms with Gasteiger partial charge in [0.05, 0.1) is 41.2 Å². The van der Waals surface area contributed by atoms with E-state index in [1.54, 1.807) is 54.6 Å². The van der Waals surface area contributed by atoms with Gasteiger partial charge in [-0.15, -0.1) is 0 Å². The van der Waals surface area contributed by atoms with Gasteiger partial charge in [-0.05, 0) is 129 Å². The van der Waals surface area contributed by atoms with Crippen molar-refractivity contribution in [1.82, 2.24) is 0 Å². The third-order valence-electron chi connectivity index (χ3n) is 9.52. The number of unbranched alkanes of at least 4 members (excludes halogenated alkanes) is 6. The summed E-state index contributed by atoms with van der Waals surface area (Å²) in [6.07, 6.45) is 14.4. The van der Waals surface area contributed by atoms with Crippen LogP contribution >= 0.6 is 0 Å². The van der Waals surface area contributed by atoms with Crippen molar-refractivity contribution in [2.24, 2.45) is 0 Å². The van der Waals surface area contributed by atoms with E-state index >= 15 is 0 Å². The van der Waals surface area contributed by atoms with Crippen LogP contribution < -0.4 is 14.2 Å². The van der Waals surface area contributed by atoms with Crippen molar-refractivity contribution >= 4 is 54.0 Å². The Morgan fingerprint density at radius 2 is 0.712 bits per heavy atom. The molecular weight excluding hydrogens is 853 g/mol. The molecule has 0 N–H and O–H groups in total. The molecule has 0 aliphatic carbocycles. The zero-order valence-electron chi connectivity index (χ0n) is 38.1. The molecule has 0 spiro atoms. The van der Waals surface area contributed by atoms with Gasteiger partial charge in [-0.1, -0.05) is 36.4 Å². The number of methoxy groups -OCH3 is 3. The number of carbonyl (C=O) groups excluding carboxylic acids is 6. The number of carbonyl (C=O) groups is 6. The minimum atomic E-state index is -0.967. The number of rotatable bonds is 32. The monoisotopic (exact) mass is 914 g/mol. The lowest BCUT2D eigenvalue weighted by atomic mass is 10.2. The number of esters is 6. The molecule has 0 aromatic heterocycles. The first kappa shape index (κ1) is 53.4. The van der Waals surface area contributed by atoms with Gasteiger partial charge in [0.15, 0.2) is 6.10 Å². The topological polar surface area (TPSA) is 185 Å². The predicted octanol–water partition coefficient (Wildman–Crippen LogP) is 8.46. The minimum absolute atomic E-state index is 0.122. The molecule has 0 bridgehead atoms. The van der Waals surface area contributed by atoms with Gasteiger partial charge in [-0.3, -0.25) is 14.4 Å². The van der Waals surface area contributed by atoms with Crippen LogP contribution in [-0.2, 0) is 57.2 Å². The van der Waals surface area contributed by atoms with Gasteiger partial charge in [-0.25, -0.2) is 14.4 Å². The van der Waals surface area contributed by atoms with Crippen molar-refractivity contribution in [2.45, 2.75) is 83.2 Å². The molecule has 0 saturated heterocycles. The molecular formula is C51H62O15. The quantitative estimate of drug-likeness (QED) is 0.0251. The van der Waals surface area contributed by atoms with Crippen LogP contribution in [0.1, 0.15) is 93.7 Å². The summed E-state index contributed by atoms with van der Waals surface area (Å²) in [4.78, 5) is 71.9. The van der Waals surface area contributed by atoms with E-state index in [9.17, 15) is 28.8 Å². The molecule has 66 heavy (non-hydrogen) atoms. The summed E-state index contributed by atoms with van der Waals surface area (Å²) in [5, 5.41) is 0. The Balaban J connectivity index is 1.36. The maximum atomic E-state index is 12.8. The maximum absolute atomic E-state index is 12.8. The molecule has 0 heterocycles. The van der Waals surface area contributed by atoms with Crippen molar-refractivity contribution in [3.05, 3.63) is 108 Å². The van der Waals surface area contributed by atoms with Gasteiger partial charge in [0, 0.05) is 37.5 Å². The van der Waals surface area contributed by atoms with E-state index in [4.69, 9.17) is 28.4 Å².